The summed E-state index contributed by atoms with van der Waals surface area (Å²) in [5.41, 5.74) is 8.20. The molecule has 3 rings (SSSR count). The first-order valence-electron chi connectivity index (χ1n) is 4.91. The van der Waals surface area contributed by atoms with Gasteiger partial charge in [-0.1, -0.05) is 36.5 Å². The lowest BCUT2D eigenvalue weighted by Gasteiger charge is -2.22. The Bertz CT molecular complexity index is 379. The predicted octanol–water partition coefficient (Wildman–Crippen LogP) is 1.33. The first kappa shape index (κ1) is 9.71. The molecular formula is C11H13N3O. The monoisotopic (exact) mass is 203 g/mol. The van der Waals surface area contributed by atoms with Gasteiger partial charge in [-0.25, -0.2) is 10.2 Å². The fraction of sp³-hybridized carbons (Fsp3) is 0.273. The highest BCUT2D eigenvalue weighted by Gasteiger charge is 2.20. The minimum Gasteiger partial charge on any atom is -0.350 e. The molecule has 0 fully saturated rings. The van der Waals surface area contributed by atoms with Gasteiger partial charge in [0.2, 0.25) is 0 Å². The molecule has 15 heavy (non-hydrogen) atoms. The number of hydrogen-bond acceptors (Lipinski definition) is 2. The number of primary amides is 1. The number of rotatable bonds is 1. The van der Waals surface area contributed by atoms with Crippen molar-refractivity contribution >= 4 is 11.7 Å². The van der Waals surface area contributed by atoms with Gasteiger partial charge >= 0.3 is 6.03 Å². The molecule has 0 saturated carbocycles. The molecule has 0 radical (unpaired) electrons. The minimum atomic E-state index is -0.621. The lowest BCUT2D eigenvalue weighted by molar-refractivity contribution is 0.249. The highest BCUT2D eigenvalue weighted by Crippen LogP contribution is 2.24. The Kier molecular flexibility index (Phi) is 2.67. The topological polar surface area (TPSA) is 67.5 Å². The molecule has 4 heteroatoms. The van der Waals surface area contributed by atoms with Crippen molar-refractivity contribution in [1.29, 1.82) is 0 Å². The maximum absolute atomic E-state index is 10.6. The second-order valence-corrected chi connectivity index (χ2v) is 3.63. The van der Waals surface area contributed by atoms with Gasteiger partial charge in [-0.2, -0.15) is 5.10 Å². The maximum Gasteiger partial charge on any atom is 0.332 e. The summed E-state index contributed by atoms with van der Waals surface area (Å²) in [6.45, 7) is 0. The average Bonchev–Trinajstić information content (AvgIpc) is 2.15. The summed E-state index contributed by atoms with van der Waals surface area (Å²) < 4.78 is 0. The van der Waals surface area contributed by atoms with Crippen LogP contribution in [0.25, 0.3) is 0 Å². The first-order chi connectivity index (χ1) is 7.25. The number of nitrogens with zero attached hydrogens (tertiary/aromatic N) is 1. The molecule has 0 aromatic heterocycles. The third kappa shape index (κ3) is 2.34. The zero-order valence-electron chi connectivity index (χ0n) is 8.26. The van der Waals surface area contributed by atoms with E-state index in [1.54, 1.807) is 0 Å². The van der Waals surface area contributed by atoms with Crippen molar-refractivity contribution < 1.29 is 4.79 Å². The summed E-state index contributed by atoms with van der Waals surface area (Å²) in [4.78, 5) is 10.6. The summed E-state index contributed by atoms with van der Waals surface area (Å²) in [6, 6.07) is -0.621. The van der Waals surface area contributed by atoms with Gasteiger partial charge < -0.3 is 5.73 Å². The van der Waals surface area contributed by atoms with E-state index in [2.05, 4.69) is 28.8 Å². The maximum atomic E-state index is 10.6. The highest BCUT2D eigenvalue weighted by atomic mass is 16.2. The van der Waals surface area contributed by atoms with Gasteiger partial charge in [-0.15, -0.1) is 0 Å². The van der Waals surface area contributed by atoms with Crippen LogP contribution < -0.4 is 11.2 Å². The van der Waals surface area contributed by atoms with Gasteiger partial charge in [0, 0.05) is 17.5 Å². The molecule has 4 nitrogen and oxygen atoms in total. The van der Waals surface area contributed by atoms with Crippen LogP contribution in [0.1, 0.15) is 6.42 Å². The molecular weight excluding hydrogens is 190 g/mol. The van der Waals surface area contributed by atoms with Crippen molar-refractivity contribution in [2.45, 2.75) is 6.42 Å². The van der Waals surface area contributed by atoms with Gasteiger partial charge in [0.25, 0.3) is 0 Å². The minimum absolute atomic E-state index is 0.179. The van der Waals surface area contributed by atoms with E-state index in [0.717, 1.165) is 12.1 Å². The number of amides is 2. The van der Waals surface area contributed by atoms with Crippen LogP contribution in [0.15, 0.2) is 41.6 Å². The number of hydrazone groups is 1. The molecule has 78 valence electrons. The lowest BCUT2D eigenvalue weighted by atomic mass is 9.84. The number of hydrogen-bond donors (Lipinski definition) is 2. The Labute approximate surface area is 88.2 Å². The molecule has 3 aliphatic rings. The zero-order chi connectivity index (χ0) is 10.7. The number of nitrogens with one attached hydrogen (secondary N) is 1. The third-order valence-corrected chi connectivity index (χ3v) is 2.49. The molecule has 0 aromatic carbocycles. The number of fused-ring (bicyclic) bond motifs is 2. The normalized spacial score (nSPS) is 34.5. The predicted molar refractivity (Wildman–Crippen MR) is 59.2 cm³/mol. The van der Waals surface area contributed by atoms with Gasteiger partial charge in [-0.05, 0) is 6.42 Å². The van der Waals surface area contributed by atoms with E-state index in [9.17, 15) is 4.79 Å². The number of carbonyl (C=O) groups is 1. The summed E-state index contributed by atoms with van der Waals surface area (Å²) in [5, 5.41) is 4.02. The van der Waals surface area contributed by atoms with Crippen molar-refractivity contribution in [2.24, 2.45) is 22.7 Å². The van der Waals surface area contributed by atoms with E-state index < -0.39 is 6.03 Å². The molecule has 0 saturated heterocycles. The fourth-order valence-electron chi connectivity index (χ4n) is 1.76. The van der Waals surface area contributed by atoms with Crippen molar-refractivity contribution in [3.8, 4) is 0 Å². The van der Waals surface area contributed by atoms with Crippen LogP contribution in [-0.4, -0.2) is 11.7 Å². The molecule has 0 aliphatic heterocycles. The second kappa shape index (κ2) is 4.13. The Morgan fingerprint density at radius 1 is 1.33 bits per heavy atom. The Morgan fingerprint density at radius 2 is 2.13 bits per heavy atom. The fourth-order valence-corrected chi connectivity index (χ4v) is 1.76. The second-order valence-electron chi connectivity index (χ2n) is 3.63. The quantitative estimate of drug-likeness (QED) is 0.490. The van der Waals surface area contributed by atoms with Crippen molar-refractivity contribution in [1.82, 2.24) is 5.43 Å². The standard InChI is InChI=1S/C11H13N3O/c12-11(15)14-13-10-7-8-3-1-2-4-9(10)6-5-8/h1-6,8-9H,7H2,(H3,12,14,15)/b3-1+,4-2-,13-10+. The van der Waals surface area contributed by atoms with E-state index in [1.807, 2.05) is 18.2 Å². The van der Waals surface area contributed by atoms with Crippen molar-refractivity contribution in [2.75, 3.05) is 0 Å². The Morgan fingerprint density at radius 3 is 2.93 bits per heavy atom. The van der Waals surface area contributed by atoms with E-state index in [0.29, 0.717) is 5.92 Å². The van der Waals surface area contributed by atoms with Crippen molar-refractivity contribution in [3.05, 3.63) is 36.5 Å². The van der Waals surface area contributed by atoms with Crippen LogP contribution in [0.5, 0.6) is 0 Å². The van der Waals surface area contributed by atoms with Crippen molar-refractivity contribution in [3.63, 3.8) is 0 Å². The van der Waals surface area contributed by atoms with E-state index in [1.165, 1.54) is 0 Å². The summed E-state index contributed by atoms with van der Waals surface area (Å²) in [7, 11) is 0. The van der Waals surface area contributed by atoms with Crippen LogP contribution in [0, 0.1) is 11.8 Å². The first-order valence-corrected chi connectivity index (χ1v) is 4.91. The largest absolute Gasteiger partial charge is 0.350 e. The van der Waals surface area contributed by atoms with Crippen LogP contribution in [0.2, 0.25) is 0 Å². The highest BCUT2D eigenvalue weighted by molar-refractivity contribution is 5.92. The van der Waals surface area contributed by atoms with Crippen LogP contribution in [0.4, 0.5) is 4.79 Å². The molecule has 2 bridgehead atoms. The van der Waals surface area contributed by atoms with E-state index in [4.69, 9.17) is 5.73 Å². The zero-order valence-corrected chi connectivity index (χ0v) is 8.26. The summed E-state index contributed by atoms with van der Waals surface area (Å²) >= 11 is 0. The SMILES string of the molecule is NC(=O)N/N=C1\CC2C=CC1/C=C\C=C\2. The molecule has 2 amide bonds. The molecule has 0 heterocycles. The smallest absolute Gasteiger partial charge is 0.332 e. The molecule has 3 N–H and O–H groups in total. The lowest BCUT2D eigenvalue weighted by Crippen LogP contribution is -2.29. The number of allylic oxidation sites excluding steroid dienone is 6. The molecule has 3 aliphatic carbocycles. The van der Waals surface area contributed by atoms with E-state index in [-0.39, 0.29) is 5.92 Å². The van der Waals surface area contributed by atoms with Gasteiger partial charge in [-0.3, -0.25) is 0 Å². The third-order valence-electron chi connectivity index (χ3n) is 2.49. The van der Waals surface area contributed by atoms with E-state index >= 15 is 0 Å². The number of nitrogens with two attached hydrogens (primary N) is 1. The molecule has 2 unspecified atom stereocenters. The molecule has 0 spiro atoms. The van der Waals surface area contributed by atoms with Gasteiger partial charge in [0.15, 0.2) is 0 Å². The van der Waals surface area contributed by atoms with Gasteiger partial charge in [0.05, 0.1) is 0 Å². The summed E-state index contributed by atoms with van der Waals surface area (Å²) in [6.07, 6.45) is 13.3. The Hall–Kier alpha value is -1.84. The number of urea groups is 1. The average molecular weight is 203 g/mol. The van der Waals surface area contributed by atoms with Crippen LogP contribution in [0.3, 0.4) is 0 Å². The Balaban J connectivity index is 2.19. The summed E-state index contributed by atoms with van der Waals surface area (Å²) in [5.74, 6) is 0.553. The van der Waals surface area contributed by atoms with Crippen LogP contribution in [-0.2, 0) is 0 Å². The molecule has 0 aromatic rings. The van der Waals surface area contributed by atoms with Crippen LogP contribution >= 0.6 is 0 Å². The van der Waals surface area contributed by atoms with Gasteiger partial charge in [0.1, 0.15) is 0 Å². The molecule has 2 atom stereocenters. The number of carbonyl (C=O) groups excluding carboxylic acids is 1.